The molecule has 0 radical (unpaired) electrons. The molecule has 52 valence electrons. The molecular weight excluding hydrogens is 128 g/mol. The summed E-state index contributed by atoms with van der Waals surface area (Å²) in [4.78, 5) is 6.54. The Bertz CT molecular complexity index is 243. The molecule has 0 saturated heterocycles. The third-order valence-electron chi connectivity index (χ3n) is 1.24. The third-order valence-corrected chi connectivity index (χ3v) is 1.24. The number of hydrogen-bond donors (Lipinski definition) is 2. The predicted molar refractivity (Wildman–Crippen MR) is 37.0 cm³/mol. The van der Waals surface area contributed by atoms with E-state index in [0.29, 0.717) is 5.82 Å². The maximum atomic E-state index is 9.35. The number of H-pyrrole nitrogens is 1. The van der Waals surface area contributed by atoms with Gasteiger partial charge >= 0.3 is 0 Å². The van der Waals surface area contributed by atoms with Gasteiger partial charge in [0.05, 0.1) is 0 Å². The summed E-state index contributed by atoms with van der Waals surface area (Å²) in [6.45, 7) is 1.51. The largest absolute Gasteiger partial charge is 0.371 e. The molecular formula is C7H8N2O. The summed E-state index contributed by atoms with van der Waals surface area (Å²) in [5.74, 6) is 2.60. The average Bonchev–Trinajstić information content (AvgIpc) is 2.38. The minimum Gasteiger partial charge on any atom is -0.371 e. The van der Waals surface area contributed by atoms with Crippen molar-refractivity contribution in [1.29, 1.82) is 0 Å². The van der Waals surface area contributed by atoms with Gasteiger partial charge in [0.1, 0.15) is 0 Å². The molecule has 0 aliphatic carbocycles. The minimum absolute atomic E-state index is 0.398. The van der Waals surface area contributed by atoms with Crippen molar-refractivity contribution in [3.05, 3.63) is 18.2 Å². The van der Waals surface area contributed by atoms with E-state index in [0.717, 1.165) is 0 Å². The molecule has 0 fully saturated rings. The number of nitrogens with one attached hydrogen (secondary N) is 1. The van der Waals surface area contributed by atoms with Crippen LogP contribution >= 0.6 is 0 Å². The number of nitrogens with zero attached hydrogens (tertiary/aromatic N) is 1. The maximum absolute atomic E-state index is 9.35. The van der Waals surface area contributed by atoms with E-state index in [9.17, 15) is 5.11 Å². The Balaban J connectivity index is 2.99. The Morgan fingerprint density at radius 1 is 1.90 bits per heavy atom. The summed E-state index contributed by atoms with van der Waals surface area (Å²) in [5, 5.41) is 9.35. The highest BCUT2D eigenvalue weighted by Crippen LogP contribution is 2.13. The van der Waals surface area contributed by atoms with Gasteiger partial charge in [0.15, 0.2) is 11.4 Å². The lowest BCUT2D eigenvalue weighted by atomic mass is 10.1. The van der Waals surface area contributed by atoms with Crippen LogP contribution in [0.25, 0.3) is 0 Å². The monoisotopic (exact) mass is 136 g/mol. The van der Waals surface area contributed by atoms with Gasteiger partial charge in [-0.3, -0.25) is 0 Å². The van der Waals surface area contributed by atoms with Crippen molar-refractivity contribution in [3.8, 4) is 12.3 Å². The average molecular weight is 136 g/mol. The lowest BCUT2D eigenvalue weighted by Crippen LogP contribution is -2.19. The van der Waals surface area contributed by atoms with Crippen LogP contribution in [0.3, 0.4) is 0 Å². The summed E-state index contributed by atoms with van der Waals surface area (Å²) in [6, 6.07) is 0. The van der Waals surface area contributed by atoms with E-state index >= 15 is 0 Å². The molecule has 1 aromatic heterocycles. The van der Waals surface area contributed by atoms with E-state index in [-0.39, 0.29) is 0 Å². The molecule has 0 aliphatic heterocycles. The lowest BCUT2D eigenvalue weighted by Gasteiger charge is -2.11. The number of hydrogen-bond acceptors (Lipinski definition) is 2. The minimum atomic E-state index is -1.27. The fourth-order valence-corrected chi connectivity index (χ4v) is 0.600. The predicted octanol–water partition coefficient (Wildman–Crippen LogP) is 0.250. The molecule has 1 unspecified atom stereocenters. The quantitative estimate of drug-likeness (QED) is 0.544. The molecule has 2 N–H and O–H groups in total. The van der Waals surface area contributed by atoms with Crippen LogP contribution in [0, 0.1) is 12.3 Å². The van der Waals surface area contributed by atoms with Gasteiger partial charge in [-0.2, -0.15) is 0 Å². The first kappa shape index (κ1) is 6.84. The van der Waals surface area contributed by atoms with Crippen molar-refractivity contribution < 1.29 is 5.11 Å². The van der Waals surface area contributed by atoms with Crippen molar-refractivity contribution in [2.45, 2.75) is 12.5 Å². The Kier molecular flexibility index (Phi) is 1.48. The topological polar surface area (TPSA) is 48.9 Å². The van der Waals surface area contributed by atoms with Gasteiger partial charge in [-0.05, 0) is 6.92 Å². The first-order valence-corrected chi connectivity index (χ1v) is 2.87. The van der Waals surface area contributed by atoms with E-state index < -0.39 is 5.60 Å². The Hall–Kier alpha value is -1.27. The highest BCUT2D eigenvalue weighted by atomic mass is 16.3. The zero-order valence-corrected chi connectivity index (χ0v) is 5.63. The van der Waals surface area contributed by atoms with Gasteiger partial charge in [-0.25, -0.2) is 4.98 Å². The smallest absolute Gasteiger partial charge is 0.180 e. The molecule has 0 saturated carbocycles. The second kappa shape index (κ2) is 2.16. The zero-order valence-electron chi connectivity index (χ0n) is 5.63. The first-order valence-electron chi connectivity index (χ1n) is 2.87. The van der Waals surface area contributed by atoms with Crippen molar-refractivity contribution in [2.75, 3.05) is 0 Å². The lowest BCUT2D eigenvalue weighted by molar-refractivity contribution is 0.113. The Labute approximate surface area is 59.1 Å². The number of terminal acetylenes is 1. The highest BCUT2D eigenvalue weighted by Gasteiger charge is 2.21. The number of imidazole rings is 1. The van der Waals surface area contributed by atoms with Gasteiger partial charge in [0, 0.05) is 12.4 Å². The Morgan fingerprint density at radius 3 is 3.00 bits per heavy atom. The molecule has 0 aromatic carbocycles. The van der Waals surface area contributed by atoms with Gasteiger partial charge in [-0.1, -0.05) is 5.92 Å². The van der Waals surface area contributed by atoms with Gasteiger partial charge in [-0.15, -0.1) is 6.42 Å². The molecule has 0 spiro atoms. The molecule has 1 aromatic rings. The van der Waals surface area contributed by atoms with Gasteiger partial charge in [0.25, 0.3) is 0 Å². The molecule has 1 heterocycles. The van der Waals surface area contributed by atoms with E-state index in [1.54, 1.807) is 12.4 Å². The maximum Gasteiger partial charge on any atom is 0.180 e. The highest BCUT2D eigenvalue weighted by molar-refractivity contribution is 5.15. The van der Waals surface area contributed by atoms with Crippen LogP contribution in [0.15, 0.2) is 12.4 Å². The van der Waals surface area contributed by atoms with E-state index in [1.165, 1.54) is 6.92 Å². The van der Waals surface area contributed by atoms with Crippen LogP contribution < -0.4 is 0 Å². The second-order valence-corrected chi connectivity index (χ2v) is 2.15. The van der Waals surface area contributed by atoms with E-state index in [4.69, 9.17) is 6.42 Å². The third kappa shape index (κ3) is 1.02. The molecule has 0 bridgehead atoms. The second-order valence-electron chi connectivity index (χ2n) is 2.15. The van der Waals surface area contributed by atoms with Crippen molar-refractivity contribution in [3.63, 3.8) is 0 Å². The number of aromatic amines is 1. The van der Waals surface area contributed by atoms with Crippen LogP contribution in [-0.4, -0.2) is 15.1 Å². The summed E-state index contributed by atoms with van der Waals surface area (Å²) in [6.07, 6.45) is 8.19. The number of aromatic nitrogens is 2. The van der Waals surface area contributed by atoms with Gasteiger partial charge < -0.3 is 10.1 Å². The molecule has 0 amide bonds. The van der Waals surface area contributed by atoms with Crippen LogP contribution in [-0.2, 0) is 5.60 Å². The SMILES string of the molecule is C#CC(C)(O)c1ncc[nH]1. The van der Waals surface area contributed by atoms with Crippen LogP contribution in [0.1, 0.15) is 12.7 Å². The van der Waals surface area contributed by atoms with Crippen LogP contribution in [0.5, 0.6) is 0 Å². The fourth-order valence-electron chi connectivity index (χ4n) is 0.600. The fraction of sp³-hybridized carbons (Fsp3) is 0.286. The molecule has 1 atom stereocenters. The summed E-state index contributed by atoms with van der Waals surface area (Å²) in [5.41, 5.74) is -1.27. The molecule has 1 rings (SSSR count). The summed E-state index contributed by atoms with van der Waals surface area (Å²) < 4.78 is 0. The standard InChI is InChI=1S/C7H8N2O/c1-3-7(2,10)6-8-4-5-9-6/h1,4-5,10H,2H3,(H,8,9). The molecule has 3 nitrogen and oxygen atoms in total. The first-order chi connectivity index (χ1) is 4.67. The van der Waals surface area contributed by atoms with Gasteiger partial charge in [0.2, 0.25) is 0 Å². The number of rotatable bonds is 1. The van der Waals surface area contributed by atoms with Crippen LogP contribution in [0.2, 0.25) is 0 Å². The Morgan fingerprint density at radius 2 is 2.60 bits per heavy atom. The van der Waals surface area contributed by atoms with Crippen molar-refractivity contribution >= 4 is 0 Å². The molecule has 0 aliphatic rings. The molecule has 10 heavy (non-hydrogen) atoms. The van der Waals surface area contributed by atoms with E-state index in [2.05, 4.69) is 15.9 Å². The summed E-state index contributed by atoms with van der Waals surface area (Å²) >= 11 is 0. The summed E-state index contributed by atoms with van der Waals surface area (Å²) in [7, 11) is 0. The van der Waals surface area contributed by atoms with E-state index in [1.807, 2.05) is 0 Å². The van der Waals surface area contributed by atoms with Crippen molar-refractivity contribution in [1.82, 2.24) is 9.97 Å². The normalized spacial score (nSPS) is 15.7. The zero-order chi connectivity index (χ0) is 7.61. The van der Waals surface area contributed by atoms with Crippen LogP contribution in [0.4, 0.5) is 0 Å². The molecule has 3 heteroatoms. The number of aliphatic hydroxyl groups is 1. The van der Waals surface area contributed by atoms with Crippen molar-refractivity contribution in [2.24, 2.45) is 0 Å².